The van der Waals surface area contributed by atoms with Crippen molar-refractivity contribution in [3.63, 3.8) is 0 Å². The molecule has 0 aliphatic carbocycles. The number of rotatable bonds is 7. The van der Waals surface area contributed by atoms with Gasteiger partial charge in [0.05, 0.1) is 15.3 Å². The number of hydrogen-bond acceptors (Lipinski definition) is 7. The van der Waals surface area contributed by atoms with Gasteiger partial charge < -0.3 is 20.1 Å². The minimum absolute atomic E-state index is 0.388. The first-order valence-corrected chi connectivity index (χ1v) is 12.7. The van der Waals surface area contributed by atoms with Gasteiger partial charge in [-0.25, -0.2) is 9.97 Å². The highest BCUT2D eigenvalue weighted by molar-refractivity contribution is 7.19. The van der Waals surface area contributed by atoms with E-state index in [1.807, 2.05) is 30.3 Å². The lowest BCUT2D eigenvalue weighted by molar-refractivity contribution is 0.240. The topological polar surface area (TPSA) is 68.3 Å². The zero-order valence-corrected chi connectivity index (χ0v) is 21.1. The number of nitrogens with zero attached hydrogens (tertiary/aromatic N) is 2. The van der Waals surface area contributed by atoms with Crippen LogP contribution in [0.3, 0.4) is 0 Å². The summed E-state index contributed by atoms with van der Waals surface area (Å²) < 4.78 is 11.1. The van der Waals surface area contributed by atoms with E-state index in [4.69, 9.17) is 21.1 Å². The quantitative estimate of drug-likeness (QED) is 0.260. The summed E-state index contributed by atoms with van der Waals surface area (Å²) in [4.78, 5) is 10.6. The molecule has 5 rings (SSSR count). The number of anilines is 3. The predicted octanol–water partition coefficient (Wildman–Crippen LogP) is 7.19. The molecule has 178 valence electrons. The maximum Gasteiger partial charge on any atom is 0.146 e. The molecule has 0 radical (unpaired) electrons. The third-order valence-electron chi connectivity index (χ3n) is 5.82. The van der Waals surface area contributed by atoms with Crippen LogP contribution in [0.4, 0.5) is 17.2 Å². The van der Waals surface area contributed by atoms with Crippen LogP contribution in [0.15, 0.2) is 48.8 Å². The lowest BCUT2D eigenvalue weighted by Gasteiger charge is -2.12. The Morgan fingerprint density at radius 3 is 2.94 bits per heavy atom. The van der Waals surface area contributed by atoms with Gasteiger partial charge in [-0.05, 0) is 42.3 Å². The molecule has 6 nitrogen and oxygen atoms in total. The Morgan fingerprint density at radius 1 is 1.20 bits per heavy atom. The van der Waals surface area contributed by atoms with E-state index >= 15 is 0 Å². The molecule has 0 saturated heterocycles. The van der Waals surface area contributed by atoms with Crippen molar-refractivity contribution in [1.82, 2.24) is 9.97 Å². The number of fused-ring (bicyclic) bond motifs is 2. The molecule has 0 saturated carbocycles. The lowest BCUT2D eigenvalue weighted by atomic mass is 9.97. The second-order valence-electron chi connectivity index (χ2n) is 8.27. The van der Waals surface area contributed by atoms with Gasteiger partial charge in [0.1, 0.15) is 35.1 Å². The summed E-state index contributed by atoms with van der Waals surface area (Å²) in [6.07, 6.45) is 3.91. The minimum atomic E-state index is 0.388. The highest BCUT2D eigenvalue weighted by Crippen LogP contribution is 2.39. The molecule has 1 unspecified atom stereocenters. The Kier molecular flexibility index (Phi) is 7.05. The lowest BCUT2D eigenvalue weighted by Crippen LogP contribution is -2.00. The highest BCUT2D eigenvalue weighted by Gasteiger charge is 2.22. The minimum Gasteiger partial charge on any atom is -0.456 e. The van der Waals surface area contributed by atoms with Gasteiger partial charge in [0.2, 0.25) is 0 Å². The number of benzene rings is 2. The van der Waals surface area contributed by atoms with Gasteiger partial charge in [0.15, 0.2) is 0 Å². The predicted molar refractivity (Wildman–Crippen MR) is 144 cm³/mol. The summed E-state index contributed by atoms with van der Waals surface area (Å²) >= 11 is 8.10. The van der Waals surface area contributed by atoms with E-state index in [0.29, 0.717) is 29.1 Å². The summed E-state index contributed by atoms with van der Waals surface area (Å²) in [6.45, 7) is 3.59. The van der Waals surface area contributed by atoms with Gasteiger partial charge in [0, 0.05) is 37.0 Å². The van der Waals surface area contributed by atoms with E-state index < -0.39 is 0 Å². The molecule has 1 atom stereocenters. The number of halogens is 1. The van der Waals surface area contributed by atoms with Gasteiger partial charge >= 0.3 is 0 Å². The first-order chi connectivity index (χ1) is 17.1. The Bertz CT molecular complexity index is 1430. The molecule has 0 bridgehead atoms. The molecule has 0 amide bonds. The van der Waals surface area contributed by atoms with Gasteiger partial charge in [-0.3, -0.25) is 0 Å². The van der Waals surface area contributed by atoms with Crippen molar-refractivity contribution in [2.24, 2.45) is 0 Å². The number of nitrogens with one attached hydrogen (secondary N) is 2. The van der Waals surface area contributed by atoms with Crippen LogP contribution in [0, 0.1) is 11.8 Å². The fourth-order valence-electron chi connectivity index (χ4n) is 4.19. The van der Waals surface area contributed by atoms with Crippen molar-refractivity contribution in [3.05, 3.63) is 64.3 Å². The molecule has 8 heteroatoms. The zero-order chi connectivity index (χ0) is 24.2. The van der Waals surface area contributed by atoms with Crippen molar-refractivity contribution in [1.29, 1.82) is 0 Å². The molecule has 4 aromatic rings. The number of aromatic nitrogens is 2. The van der Waals surface area contributed by atoms with Gasteiger partial charge in [0.25, 0.3) is 0 Å². The van der Waals surface area contributed by atoms with E-state index in [1.54, 1.807) is 13.4 Å². The summed E-state index contributed by atoms with van der Waals surface area (Å²) in [5, 5.41) is 8.25. The third-order valence-corrected chi connectivity index (χ3v) is 7.07. The summed E-state index contributed by atoms with van der Waals surface area (Å²) in [5.74, 6) is 8.69. The first kappa shape index (κ1) is 23.4. The van der Waals surface area contributed by atoms with Crippen LogP contribution in [-0.2, 0) is 4.74 Å². The zero-order valence-electron chi connectivity index (χ0n) is 19.5. The molecule has 1 aliphatic rings. The molecule has 2 N–H and O–H groups in total. The molecule has 2 aromatic heterocycles. The van der Waals surface area contributed by atoms with Crippen LogP contribution in [0.1, 0.15) is 36.1 Å². The van der Waals surface area contributed by atoms with Crippen LogP contribution in [-0.4, -0.2) is 30.2 Å². The number of hydrogen-bond donors (Lipinski definition) is 2. The van der Waals surface area contributed by atoms with E-state index in [-0.39, 0.29) is 0 Å². The van der Waals surface area contributed by atoms with Gasteiger partial charge in [-0.1, -0.05) is 42.9 Å². The average molecular weight is 505 g/mol. The highest BCUT2D eigenvalue weighted by atomic mass is 35.5. The Balaban J connectivity index is 1.32. The molecule has 0 spiro atoms. The molecule has 2 aromatic carbocycles. The summed E-state index contributed by atoms with van der Waals surface area (Å²) in [7, 11) is 1.63. The second kappa shape index (κ2) is 10.5. The maximum atomic E-state index is 6.58. The van der Waals surface area contributed by atoms with Gasteiger partial charge in [-0.2, -0.15) is 0 Å². The number of thiophene rings is 1. The monoisotopic (exact) mass is 504 g/mol. The SMILES string of the molecule is CCCC1CNc2cc(Oc3ccc(Nc4ncnc5sc(C#CCOC)cc45)cc3Cl)ccc21. The summed E-state index contributed by atoms with van der Waals surface area (Å²) in [5.41, 5.74) is 3.31. The van der Waals surface area contributed by atoms with Gasteiger partial charge in [-0.15, -0.1) is 11.3 Å². The van der Waals surface area contributed by atoms with E-state index in [1.165, 1.54) is 29.7 Å². The molecule has 1 aliphatic heterocycles. The van der Waals surface area contributed by atoms with Crippen LogP contribution in [0.25, 0.3) is 10.2 Å². The summed E-state index contributed by atoms with van der Waals surface area (Å²) in [6, 6.07) is 13.8. The van der Waals surface area contributed by atoms with Crippen molar-refractivity contribution in [3.8, 4) is 23.3 Å². The fourth-order valence-corrected chi connectivity index (χ4v) is 5.29. The average Bonchev–Trinajstić information content (AvgIpc) is 3.45. The first-order valence-electron chi connectivity index (χ1n) is 11.5. The van der Waals surface area contributed by atoms with Crippen LogP contribution < -0.4 is 15.4 Å². The third kappa shape index (κ3) is 5.20. The Labute approximate surface area is 213 Å². The van der Waals surface area contributed by atoms with E-state index in [2.05, 4.69) is 51.5 Å². The van der Waals surface area contributed by atoms with Crippen molar-refractivity contribution < 1.29 is 9.47 Å². The second-order valence-corrected chi connectivity index (χ2v) is 9.71. The number of ether oxygens (including phenoxy) is 2. The fraction of sp³-hybridized carbons (Fsp3) is 0.259. The number of methoxy groups -OCH3 is 1. The van der Waals surface area contributed by atoms with Crippen LogP contribution >= 0.6 is 22.9 Å². The Hall–Kier alpha value is -3.31. The van der Waals surface area contributed by atoms with Crippen LogP contribution in [0.2, 0.25) is 5.02 Å². The standard InChI is InChI=1S/C27H25ClN4O2S/c1-3-5-17-15-29-24-13-19(8-9-21(17)24)34-25-10-7-18(12-23(25)28)32-26-22-14-20(6-4-11-33-2)35-27(22)31-16-30-26/h7-10,12-14,16-17,29H,3,5,11,15H2,1-2H3,(H,30,31,32). The van der Waals surface area contributed by atoms with Crippen molar-refractivity contribution in [2.45, 2.75) is 25.7 Å². The molecule has 3 heterocycles. The normalized spacial score (nSPS) is 14.2. The van der Waals surface area contributed by atoms with E-state index in [9.17, 15) is 0 Å². The molecule has 0 fully saturated rings. The van der Waals surface area contributed by atoms with E-state index in [0.717, 1.165) is 38.8 Å². The Morgan fingerprint density at radius 2 is 2.11 bits per heavy atom. The maximum absolute atomic E-state index is 6.58. The molecule has 35 heavy (non-hydrogen) atoms. The largest absolute Gasteiger partial charge is 0.456 e. The van der Waals surface area contributed by atoms with Crippen LogP contribution in [0.5, 0.6) is 11.5 Å². The smallest absolute Gasteiger partial charge is 0.146 e. The molecular weight excluding hydrogens is 480 g/mol. The van der Waals surface area contributed by atoms with Crippen molar-refractivity contribution >= 4 is 50.3 Å². The van der Waals surface area contributed by atoms with Crippen molar-refractivity contribution in [2.75, 3.05) is 30.9 Å². The molecular formula is C27H25ClN4O2S.